The third-order valence-electron chi connectivity index (χ3n) is 2.48. The van der Waals surface area contributed by atoms with Crippen molar-refractivity contribution in [3.8, 4) is 0 Å². The molecule has 100 valence electrons. The molecule has 0 bridgehead atoms. The maximum absolute atomic E-state index is 13.3. The molecule has 1 rings (SSSR count). The van der Waals surface area contributed by atoms with E-state index in [1.165, 1.54) is 12.1 Å². The summed E-state index contributed by atoms with van der Waals surface area (Å²) in [5.74, 6) is -0.747. The predicted octanol–water partition coefficient (Wildman–Crippen LogP) is 3.84. The zero-order valence-corrected chi connectivity index (χ0v) is 11.3. The van der Waals surface area contributed by atoms with Gasteiger partial charge in [0.05, 0.1) is 0 Å². The minimum atomic E-state index is -0.394. The van der Waals surface area contributed by atoms with Gasteiger partial charge in [-0.2, -0.15) is 0 Å². The Morgan fingerprint density at radius 1 is 1.17 bits per heavy atom. The van der Waals surface area contributed by atoms with E-state index in [1.807, 2.05) is 12.2 Å². The lowest BCUT2D eigenvalue weighted by Crippen LogP contribution is -2.36. The monoisotopic (exact) mass is 253 g/mol. The fraction of sp³-hybridized carbons (Fsp3) is 0.467. The summed E-state index contributed by atoms with van der Waals surface area (Å²) in [5, 5.41) is 3.36. The molecule has 1 nitrogen and oxygen atoms in total. The van der Waals surface area contributed by atoms with Crippen LogP contribution in [0.3, 0.4) is 0 Å². The summed E-state index contributed by atoms with van der Waals surface area (Å²) in [5.41, 5.74) is 0.512. The number of hydrogen-bond acceptors (Lipinski definition) is 1. The molecule has 0 saturated carbocycles. The Hall–Kier alpha value is -1.22. The topological polar surface area (TPSA) is 12.0 Å². The molecule has 0 unspecified atom stereocenters. The summed E-state index contributed by atoms with van der Waals surface area (Å²) in [6.45, 7) is 7.21. The molecule has 1 aromatic carbocycles. The van der Waals surface area contributed by atoms with Crippen LogP contribution in [-0.4, -0.2) is 12.1 Å². The molecular weight excluding hydrogens is 232 g/mol. The first-order valence-electron chi connectivity index (χ1n) is 6.22. The van der Waals surface area contributed by atoms with Crippen molar-refractivity contribution in [1.82, 2.24) is 5.32 Å². The maximum Gasteiger partial charge on any atom is 0.126 e. The van der Waals surface area contributed by atoms with Gasteiger partial charge < -0.3 is 5.32 Å². The lowest BCUT2D eigenvalue weighted by atomic mass is 10.1. The van der Waals surface area contributed by atoms with E-state index in [4.69, 9.17) is 0 Å². The summed E-state index contributed by atoms with van der Waals surface area (Å²) < 4.78 is 26.2. The highest BCUT2D eigenvalue weighted by Gasteiger charge is 2.06. The van der Waals surface area contributed by atoms with Crippen molar-refractivity contribution in [3.05, 3.63) is 47.5 Å². The van der Waals surface area contributed by atoms with Gasteiger partial charge in [0.15, 0.2) is 0 Å². The van der Waals surface area contributed by atoms with Gasteiger partial charge in [0, 0.05) is 5.54 Å². The van der Waals surface area contributed by atoms with Crippen LogP contribution in [0.4, 0.5) is 8.78 Å². The fourth-order valence-corrected chi connectivity index (χ4v) is 1.56. The Morgan fingerprint density at radius 2 is 1.89 bits per heavy atom. The number of halogens is 2. The SMILES string of the molecule is CC(C)(C)NCCC=CCc1cc(F)ccc1F. The minimum absolute atomic E-state index is 0.114. The number of benzene rings is 1. The van der Waals surface area contributed by atoms with Gasteiger partial charge in [0.2, 0.25) is 0 Å². The first-order valence-corrected chi connectivity index (χ1v) is 6.22. The van der Waals surface area contributed by atoms with Gasteiger partial charge in [-0.25, -0.2) is 8.78 Å². The summed E-state index contributed by atoms with van der Waals surface area (Å²) in [4.78, 5) is 0. The van der Waals surface area contributed by atoms with Crippen LogP contribution in [0.25, 0.3) is 0 Å². The lowest BCUT2D eigenvalue weighted by Gasteiger charge is -2.19. The maximum atomic E-state index is 13.3. The zero-order valence-electron chi connectivity index (χ0n) is 11.3. The van der Waals surface area contributed by atoms with Crippen molar-refractivity contribution >= 4 is 0 Å². The molecule has 0 saturated heterocycles. The van der Waals surface area contributed by atoms with Gasteiger partial charge in [-0.3, -0.25) is 0 Å². The second-order valence-electron chi connectivity index (χ2n) is 5.38. The van der Waals surface area contributed by atoms with Gasteiger partial charge in [-0.05, 0) is 63.9 Å². The van der Waals surface area contributed by atoms with Crippen molar-refractivity contribution in [2.24, 2.45) is 0 Å². The molecule has 0 aliphatic carbocycles. The molecule has 0 aliphatic rings. The van der Waals surface area contributed by atoms with Gasteiger partial charge >= 0.3 is 0 Å². The second-order valence-corrected chi connectivity index (χ2v) is 5.38. The highest BCUT2D eigenvalue weighted by atomic mass is 19.1. The number of rotatable bonds is 5. The van der Waals surface area contributed by atoms with Gasteiger partial charge in [-0.15, -0.1) is 0 Å². The van der Waals surface area contributed by atoms with Crippen LogP contribution in [0.1, 0.15) is 32.8 Å². The molecule has 0 heterocycles. The van der Waals surface area contributed by atoms with Crippen molar-refractivity contribution in [1.29, 1.82) is 0 Å². The third kappa shape index (κ3) is 5.92. The van der Waals surface area contributed by atoms with E-state index in [0.717, 1.165) is 19.0 Å². The molecule has 0 atom stereocenters. The van der Waals surface area contributed by atoms with Crippen LogP contribution in [-0.2, 0) is 6.42 Å². The molecule has 0 aliphatic heterocycles. The molecular formula is C15H21F2N. The molecule has 1 N–H and O–H groups in total. The highest BCUT2D eigenvalue weighted by Crippen LogP contribution is 2.10. The summed E-state index contributed by atoms with van der Waals surface area (Å²) in [6.07, 6.45) is 5.18. The molecule has 0 amide bonds. The van der Waals surface area contributed by atoms with Crippen molar-refractivity contribution in [2.45, 2.75) is 39.2 Å². The summed E-state index contributed by atoms with van der Waals surface area (Å²) in [6, 6.07) is 3.54. The Labute approximate surface area is 108 Å². The molecule has 1 aromatic rings. The lowest BCUT2D eigenvalue weighted by molar-refractivity contribution is 0.431. The van der Waals surface area contributed by atoms with Gasteiger partial charge in [0.25, 0.3) is 0 Å². The summed E-state index contributed by atoms with van der Waals surface area (Å²) in [7, 11) is 0. The molecule has 0 aromatic heterocycles. The van der Waals surface area contributed by atoms with E-state index in [1.54, 1.807) is 0 Å². The first kappa shape index (κ1) is 14.8. The Kier molecular flexibility index (Phi) is 5.48. The van der Waals surface area contributed by atoms with E-state index in [0.29, 0.717) is 12.0 Å². The largest absolute Gasteiger partial charge is 0.312 e. The number of hydrogen-bond donors (Lipinski definition) is 1. The van der Waals surface area contributed by atoms with E-state index < -0.39 is 5.82 Å². The Balaban J connectivity index is 2.34. The standard InChI is InChI=1S/C15H21F2N/c1-15(2,3)18-10-6-4-5-7-12-11-13(16)8-9-14(12)17/h4-5,8-9,11,18H,6-7,10H2,1-3H3. The highest BCUT2D eigenvalue weighted by molar-refractivity contribution is 5.21. The van der Waals surface area contributed by atoms with E-state index in [2.05, 4.69) is 26.1 Å². The van der Waals surface area contributed by atoms with Crippen LogP contribution < -0.4 is 5.32 Å². The van der Waals surface area contributed by atoms with Crippen molar-refractivity contribution in [3.63, 3.8) is 0 Å². The predicted molar refractivity (Wildman–Crippen MR) is 71.6 cm³/mol. The van der Waals surface area contributed by atoms with Crippen LogP contribution in [0.15, 0.2) is 30.4 Å². The normalized spacial score (nSPS) is 12.3. The quantitative estimate of drug-likeness (QED) is 0.621. The average Bonchev–Trinajstić information content (AvgIpc) is 2.26. The third-order valence-corrected chi connectivity index (χ3v) is 2.48. The van der Waals surface area contributed by atoms with Crippen LogP contribution in [0.5, 0.6) is 0 Å². The van der Waals surface area contributed by atoms with Gasteiger partial charge in [-0.1, -0.05) is 12.2 Å². The van der Waals surface area contributed by atoms with Crippen molar-refractivity contribution < 1.29 is 8.78 Å². The number of allylic oxidation sites excluding steroid dienone is 1. The van der Waals surface area contributed by atoms with Gasteiger partial charge in [0.1, 0.15) is 11.6 Å². The molecule has 0 fully saturated rings. The molecule has 0 spiro atoms. The molecule has 18 heavy (non-hydrogen) atoms. The van der Waals surface area contributed by atoms with Crippen molar-refractivity contribution in [2.75, 3.05) is 6.54 Å². The average molecular weight is 253 g/mol. The Morgan fingerprint density at radius 3 is 2.56 bits per heavy atom. The van der Waals surface area contributed by atoms with E-state index in [9.17, 15) is 8.78 Å². The smallest absolute Gasteiger partial charge is 0.126 e. The van der Waals surface area contributed by atoms with E-state index in [-0.39, 0.29) is 11.4 Å². The van der Waals surface area contributed by atoms with Crippen LogP contribution >= 0.6 is 0 Å². The molecule has 0 radical (unpaired) electrons. The Bertz CT molecular complexity index is 405. The van der Waals surface area contributed by atoms with E-state index >= 15 is 0 Å². The number of nitrogens with one attached hydrogen (secondary N) is 1. The summed E-state index contributed by atoms with van der Waals surface area (Å²) >= 11 is 0. The zero-order chi connectivity index (χ0) is 13.6. The second kappa shape index (κ2) is 6.64. The fourth-order valence-electron chi connectivity index (χ4n) is 1.56. The first-order chi connectivity index (χ1) is 8.38. The van der Waals surface area contributed by atoms with Crippen LogP contribution in [0, 0.1) is 11.6 Å². The molecule has 3 heteroatoms. The minimum Gasteiger partial charge on any atom is -0.312 e. The van der Waals surface area contributed by atoms with Crippen LogP contribution in [0.2, 0.25) is 0 Å².